The van der Waals surface area contributed by atoms with Crippen LogP contribution >= 0.6 is 27.3 Å². The van der Waals surface area contributed by atoms with Gasteiger partial charge in [0, 0.05) is 13.1 Å². The van der Waals surface area contributed by atoms with Gasteiger partial charge in [-0.2, -0.15) is 0 Å². The molecule has 0 saturated carbocycles. The van der Waals surface area contributed by atoms with E-state index in [2.05, 4.69) is 21.2 Å². The molecule has 5 nitrogen and oxygen atoms in total. The summed E-state index contributed by atoms with van der Waals surface area (Å²) in [6.07, 6.45) is 0.659. The molecule has 2 heterocycles. The van der Waals surface area contributed by atoms with E-state index in [1.54, 1.807) is 29.2 Å². The summed E-state index contributed by atoms with van der Waals surface area (Å²) in [4.78, 5) is 26.6. The number of hydrogen-bond acceptors (Lipinski definition) is 4. The molecule has 2 N–H and O–H groups in total. The van der Waals surface area contributed by atoms with Crippen LogP contribution in [-0.4, -0.2) is 41.5 Å². The number of hydrogen-bond donors (Lipinski definition) is 2. The van der Waals surface area contributed by atoms with E-state index in [1.165, 1.54) is 23.5 Å². The molecule has 3 rings (SSSR count). The van der Waals surface area contributed by atoms with Gasteiger partial charge in [0.05, 0.1) is 21.3 Å². The molecule has 0 aliphatic carbocycles. The van der Waals surface area contributed by atoms with Crippen molar-refractivity contribution in [1.29, 1.82) is 0 Å². The minimum absolute atomic E-state index is 0.0255. The first-order chi connectivity index (χ1) is 12.9. The molecule has 1 aliphatic rings. The lowest BCUT2D eigenvalue weighted by Crippen LogP contribution is -2.44. The quantitative estimate of drug-likeness (QED) is 0.727. The number of amides is 2. The lowest BCUT2D eigenvalue weighted by atomic mass is 9.87. The SMILES string of the molecule is O=C(NCC(=O)N1CCC([C@H](O)c2ccc(F)cc2)CC1)c1ccc(Br)s1. The Kier molecular flexibility index (Phi) is 6.62. The number of aliphatic hydroxyl groups excluding tert-OH is 1. The number of benzene rings is 1. The zero-order chi connectivity index (χ0) is 19.4. The smallest absolute Gasteiger partial charge is 0.261 e. The van der Waals surface area contributed by atoms with E-state index in [0.29, 0.717) is 36.4 Å². The number of nitrogens with one attached hydrogen (secondary N) is 1. The summed E-state index contributed by atoms with van der Waals surface area (Å²) in [7, 11) is 0. The topological polar surface area (TPSA) is 69.6 Å². The number of carbonyl (C=O) groups excluding carboxylic acids is 2. The van der Waals surface area contributed by atoms with Gasteiger partial charge in [-0.3, -0.25) is 9.59 Å². The molecule has 0 spiro atoms. The van der Waals surface area contributed by atoms with E-state index in [-0.39, 0.29) is 30.1 Å². The van der Waals surface area contributed by atoms with Gasteiger partial charge in [-0.25, -0.2) is 4.39 Å². The van der Waals surface area contributed by atoms with E-state index in [9.17, 15) is 19.1 Å². The molecule has 1 atom stereocenters. The summed E-state index contributed by atoms with van der Waals surface area (Å²) in [5, 5.41) is 13.1. The Morgan fingerprint density at radius 3 is 2.48 bits per heavy atom. The summed E-state index contributed by atoms with van der Waals surface area (Å²) in [6, 6.07) is 9.36. The third-order valence-electron chi connectivity index (χ3n) is 4.75. The minimum Gasteiger partial charge on any atom is -0.388 e. The van der Waals surface area contributed by atoms with Crippen LogP contribution in [0, 0.1) is 11.7 Å². The molecule has 0 radical (unpaired) electrons. The van der Waals surface area contributed by atoms with Crippen LogP contribution in [0.15, 0.2) is 40.2 Å². The van der Waals surface area contributed by atoms with Gasteiger partial charge in [-0.1, -0.05) is 12.1 Å². The van der Waals surface area contributed by atoms with Crippen molar-refractivity contribution in [2.45, 2.75) is 18.9 Å². The van der Waals surface area contributed by atoms with Crippen LogP contribution in [0.1, 0.15) is 34.2 Å². The van der Waals surface area contributed by atoms with Crippen molar-refractivity contribution in [3.8, 4) is 0 Å². The van der Waals surface area contributed by atoms with Crippen LogP contribution in [0.5, 0.6) is 0 Å². The first-order valence-corrected chi connectivity index (χ1v) is 10.3. The molecule has 0 unspecified atom stereocenters. The van der Waals surface area contributed by atoms with Crippen molar-refractivity contribution in [2.24, 2.45) is 5.92 Å². The van der Waals surface area contributed by atoms with Gasteiger partial charge in [0.1, 0.15) is 5.82 Å². The van der Waals surface area contributed by atoms with Crippen molar-refractivity contribution in [2.75, 3.05) is 19.6 Å². The van der Waals surface area contributed by atoms with E-state index >= 15 is 0 Å². The number of carbonyl (C=O) groups is 2. The van der Waals surface area contributed by atoms with E-state index in [4.69, 9.17) is 0 Å². The Labute approximate surface area is 169 Å². The Balaban J connectivity index is 1.46. The average molecular weight is 455 g/mol. The van der Waals surface area contributed by atoms with Crippen LogP contribution in [0.2, 0.25) is 0 Å². The molecule has 2 aromatic rings. The first kappa shape index (κ1) is 20.0. The molecule has 1 aliphatic heterocycles. The third kappa shape index (κ3) is 5.15. The van der Waals surface area contributed by atoms with Crippen LogP contribution in [0.3, 0.4) is 0 Å². The van der Waals surface area contributed by atoms with Gasteiger partial charge in [0.25, 0.3) is 5.91 Å². The predicted molar refractivity (Wildman–Crippen MR) is 105 cm³/mol. The number of rotatable bonds is 5. The summed E-state index contributed by atoms with van der Waals surface area (Å²) < 4.78 is 13.9. The largest absolute Gasteiger partial charge is 0.388 e. The van der Waals surface area contributed by atoms with Crippen molar-refractivity contribution in [3.05, 3.63) is 56.4 Å². The van der Waals surface area contributed by atoms with Crippen LogP contribution in [0.4, 0.5) is 4.39 Å². The standard InChI is InChI=1S/C19H20BrFN2O3S/c20-16-6-5-15(27-16)19(26)22-11-17(24)23-9-7-13(8-10-23)18(25)12-1-3-14(21)4-2-12/h1-6,13,18,25H,7-11H2,(H,22,26)/t18-/m1/s1. The number of halogens is 2. The Morgan fingerprint density at radius 2 is 1.89 bits per heavy atom. The van der Waals surface area contributed by atoms with Crippen molar-refractivity contribution in [3.63, 3.8) is 0 Å². The van der Waals surface area contributed by atoms with Crippen molar-refractivity contribution >= 4 is 39.1 Å². The van der Waals surface area contributed by atoms with Crippen molar-refractivity contribution in [1.82, 2.24) is 10.2 Å². The second kappa shape index (κ2) is 8.95. The second-order valence-corrected chi connectivity index (χ2v) is 8.96. The second-order valence-electron chi connectivity index (χ2n) is 6.50. The summed E-state index contributed by atoms with van der Waals surface area (Å²) in [6.45, 7) is 1.02. The van der Waals surface area contributed by atoms with Gasteiger partial charge < -0.3 is 15.3 Å². The van der Waals surface area contributed by atoms with Crippen LogP contribution in [-0.2, 0) is 4.79 Å². The van der Waals surface area contributed by atoms with Crippen LogP contribution in [0.25, 0.3) is 0 Å². The molecule has 1 fully saturated rings. The first-order valence-electron chi connectivity index (χ1n) is 8.69. The third-order valence-corrected chi connectivity index (χ3v) is 6.37. The molecule has 1 aromatic carbocycles. The highest BCUT2D eigenvalue weighted by molar-refractivity contribution is 9.11. The highest BCUT2D eigenvalue weighted by atomic mass is 79.9. The maximum Gasteiger partial charge on any atom is 0.261 e. The zero-order valence-corrected chi connectivity index (χ0v) is 16.9. The average Bonchev–Trinajstić information content (AvgIpc) is 3.12. The molecule has 1 aromatic heterocycles. The molecular formula is C19H20BrFN2O3S. The lowest BCUT2D eigenvalue weighted by molar-refractivity contribution is -0.132. The van der Waals surface area contributed by atoms with E-state index in [1.807, 2.05) is 0 Å². The molecular weight excluding hydrogens is 435 g/mol. The fraction of sp³-hybridized carbons (Fsp3) is 0.368. The maximum absolute atomic E-state index is 13.0. The van der Waals surface area contributed by atoms with Gasteiger partial charge in [-0.15, -0.1) is 11.3 Å². The number of nitrogens with zero attached hydrogens (tertiary/aromatic N) is 1. The van der Waals surface area contributed by atoms with E-state index < -0.39 is 6.10 Å². The number of piperidine rings is 1. The Hall–Kier alpha value is -1.77. The summed E-state index contributed by atoms with van der Waals surface area (Å²) in [5.74, 6) is -0.699. The number of likely N-dealkylation sites (tertiary alicyclic amines) is 1. The number of aliphatic hydroxyl groups is 1. The highest BCUT2D eigenvalue weighted by Gasteiger charge is 2.28. The number of thiophene rings is 1. The van der Waals surface area contributed by atoms with Gasteiger partial charge in [-0.05, 0) is 64.5 Å². The molecule has 2 amide bonds. The molecule has 1 saturated heterocycles. The van der Waals surface area contributed by atoms with E-state index in [0.717, 1.165) is 3.79 Å². The maximum atomic E-state index is 13.0. The Bertz CT molecular complexity index is 804. The predicted octanol–water partition coefficient (Wildman–Crippen LogP) is 3.35. The van der Waals surface area contributed by atoms with Gasteiger partial charge in [0.2, 0.25) is 5.91 Å². The monoisotopic (exact) mass is 454 g/mol. The van der Waals surface area contributed by atoms with Crippen LogP contribution < -0.4 is 5.32 Å². The summed E-state index contributed by atoms with van der Waals surface area (Å²) >= 11 is 4.62. The molecule has 8 heteroatoms. The molecule has 0 bridgehead atoms. The Morgan fingerprint density at radius 1 is 1.22 bits per heavy atom. The van der Waals surface area contributed by atoms with Gasteiger partial charge >= 0.3 is 0 Å². The zero-order valence-electron chi connectivity index (χ0n) is 14.5. The lowest BCUT2D eigenvalue weighted by Gasteiger charge is -2.34. The van der Waals surface area contributed by atoms with Gasteiger partial charge in [0.15, 0.2) is 0 Å². The molecule has 144 valence electrons. The minimum atomic E-state index is -0.667. The fourth-order valence-corrected chi connectivity index (χ4v) is 4.49. The van der Waals surface area contributed by atoms with Crippen molar-refractivity contribution < 1.29 is 19.1 Å². The normalized spacial score (nSPS) is 16.2. The fourth-order valence-electron chi connectivity index (χ4n) is 3.19. The highest BCUT2D eigenvalue weighted by Crippen LogP contribution is 2.30. The molecule has 27 heavy (non-hydrogen) atoms. The summed E-state index contributed by atoms with van der Waals surface area (Å²) in [5.41, 5.74) is 0.690.